The van der Waals surface area contributed by atoms with E-state index in [9.17, 15) is 4.79 Å². The quantitative estimate of drug-likeness (QED) is 0.502. The maximum atomic E-state index is 12.1. The third-order valence-electron chi connectivity index (χ3n) is 3.17. The first-order chi connectivity index (χ1) is 10.1. The van der Waals surface area contributed by atoms with Gasteiger partial charge in [0.05, 0.1) is 5.56 Å². The van der Waals surface area contributed by atoms with E-state index in [-0.39, 0.29) is 0 Å². The van der Waals surface area contributed by atoms with Crippen molar-refractivity contribution in [1.29, 1.82) is 5.41 Å². The molecular formula is C18H19NO2. The normalized spacial score (nSPS) is 10.2. The summed E-state index contributed by atoms with van der Waals surface area (Å²) in [6.07, 6.45) is 1.55. The molecule has 0 unspecified atom stereocenters. The molecule has 0 spiro atoms. The number of hydrogen-bond donors (Lipinski definition) is 1. The minimum absolute atomic E-state index is 0.398. The van der Waals surface area contributed by atoms with Crippen molar-refractivity contribution in [1.82, 2.24) is 0 Å². The molecule has 21 heavy (non-hydrogen) atoms. The third kappa shape index (κ3) is 3.78. The first kappa shape index (κ1) is 15.0. The van der Waals surface area contributed by atoms with Gasteiger partial charge < -0.3 is 10.1 Å². The molecule has 0 fully saturated rings. The molecular weight excluding hydrogens is 262 g/mol. The Bertz CT molecular complexity index is 648. The van der Waals surface area contributed by atoms with Crippen molar-refractivity contribution in [2.75, 3.05) is 0 Å². The van der Waals surface area contributed by atoms with Gasteiger partial charge in [-0.1, -0.05) is 43.2 Å². The second-order valence-corrected chi connectivity index (χ2v) is 4.98. The summed E-state index contributed by atoms with van der Waals surface area (Å²) in [6, 6.07) is 14.4. The van der Waals surface area contributed by atoms with Crippen LogP contribution in [0.5, 0.6) is 5.75 Å². The zero-order chi connectivity index (χ0) is 15.2. The number of carbonyl (C=O) groups is 1. The van der Waals surface area contributed by atoms with E-state index < -0.39 is 5.97 Å². The smallest absolute Gasteiger partial charge is 0.343 e. The average Bonchev–Trinajstić information content (AvgIpc) is 2.50. The highest BCUT2D eigenvalue weighted by molar-refractivity contribution is 6.02. The lowest BCUT2D eigenvalue weighted by atomic mass is 10.0. The number of rotatable bonds is 5. The molecule has 0 bridgehead atoms. The van der Waals surface area contributed by atoms with Gasteiger partial charge in [-0.3, -0.25) is 0 Å². The van der Waals surface area contributed by atoms with E-state index >= 15 is 0 Å². The van der Waals surface area contributed by atoms with Gasteiger partial charge in [0.2, 0.25) is 0 Å². The van der Waals surface area contributed by atoms with E-state index in [0.717, 1.165) is 12.0 Å². The highest BCUT2D eigenvalue weighted by Gasteiger charge is 2.14. The Morgan fingerprint density at radius 1 is 1.14 bits per heavy atom. The Morgan fingerprint density at radius 3 is 2.52 bits per heavy atom. The molecule has 2 aromatic rings. The molecule has 0 amide bonds. The van der Waals surface area contributed by atoms with Crippen LogP contribution in [0.1, 0.15) is 41.3 Å². The van der Waals surface area contributed by atoms with Crippen molar-refractivity contribution in [2.24, 2.45) is 0 Å². The van der Waals surface area contributed by atoms with Crippen molar-refractivity contribution < 1.29 is 9.53 Å². The summed E-state index contributed by atoms with van der Waals surface area (Å²) in [7, 11) is 0. The van der Waals surface area contributed by atoms with Crippen molar-refractivity contribution in [3.05, 3.63) is 65.2 Å². The fourth-order valence-corrected chi connectivity index (χ4v) is 2.09. The van der Waals surface area contributed by atoms with E-state index in [1.54, 1.807) is 30.3 Å². The van der Waals surface area contributed by atoms with Crippen molar-refractivity contribution >= 4 is 11.7 Å². The number of esters is 1. The second-order valence-electron chi connectivity index (χ2n) is 4.98. The highest BCUT2D eigenvalue weighted by Crippen LogP contribution is 2.23. The lowest BCUT2D eigenvalue weighted by Crippen LogP contribution is -2.11. The van der Waals surface area contributed by atoms with Crippen LogP contribution in [-0.2, 0) is 0 Å². The minimum Gasteiger partial charge on any atom is -0.422 e. The topological polar surface area (TPSA) is 50.1 Å². The van der Waals surface area contributed by atoms with E-state index in [2.05, 4.69) is 0 Å². The first-order valence-electron chi connectivity index (χ1n) is 7.07. The first-order valence-corrected chi connectivity index (χ1v) is 7.07. The minimum atomic E-state index is -0.398. The maximum absolute atomic E-state index is 12.1. The number of hydrogen-bond acceptors (Lipinski definition) is 3. The predicted octanol–water partition coefficient (Wildman–Crippen LogP) is 4.38. The van der Waals surface area contributed by atoms with E-state index in [4.69, 9.17) is 10.1 Å². The van der Waals surface area contributed by atoms with Gasteiger partial charge in [-0.2, -0.15) is 0 Å². The van der Waals surface area contributed by atoms with Crippen molar-refractivity contribution in [2.45, 2.75) is 26.7 Å². The van der Waals surface area contributed by atoms with Crippen LogP contribution in [0.4, 0.5) is 0 Å². The summed E-state index contributed by atoms with van der Waals surface area (Å²) in [5.41, 5.74) is 2.75. The van der Waals surface area contributed by atoms with Gasteiger partial charge in [0.1, 0.15) is 5.75 Å². The number of benzene rings is 2. The number of ether oxygens (including phenoxy) is 1. The molecule has 0 radical (unpaired) electrons. The predicted molar refractivity (Wildman–Crippen MR) is 84.3 cm³/mol. The van der Waals surface area contributed by atoms with Crippen LogP contribution in [0.2, 0.25) is 0 Å². The molecule has 2 rings (SSSR count). The largest absolute Gasteiger partial charge is 0.422 e. The van der Waals surface area contributed by atoms with Gasteiger partial charge in [0.15, 0.2) is 0 Å². The summed E-state index contributed by atoms with van der Waals surface area (Å²) >= 11 is 0. The molecule has 0 aliphatic rings. The van der Waals surface area contributed by atoms with Crippen molar-refractivity contribution in [3.63, 3.8) is 0 Å². The molecule has 0 heterocycles. The zero-order valence-corrected chi connectivity index (χ0v) is 12.3. The molecule has 0 atom stereocenters. The molecule has 3 nitrogen and oxygen atoms in total. The second kappa shape index (κ2) is 6.84. The van der Waals surface area contributed by atoms with Crippen LogP contribution in [0.25, 0.3) is 0 Å². The molecule has 0 aliphatic carbocycles. The van der Waals surface area contributed by atoms with Crippen LogP contribution in [-0.4, -0.2) is 11.7 Å². The standard InChI is InChI=1S/C18H19NO2/c1-3-7-16(19)15-12-13(2)10-11-17(15)21-18(20)14-8-5-4-6-9-14/h4-6,8-12,19H,3,7H2,1-2H3. The molecule has 3 heteroatoms. The summed E-state index contributed by atoms with van der Waals surface area (Å²) < 4.78 is 5.47. The van der Waals surface area contributed by atoms with Crippen LogP contribution in [0.3, 0.4) is 0 Å². The average molecular weight is 281 g/mol. The van der Waals surface area contributed by atoms with Crippen LogP contribution in [0, 0.1) is 12.3 Å². The van der Waals surface area contributed by atoms with Gasteiger partial charge in [0, 0.05) is 11.3 Å². The van der Waals surface area contributed by atoms with Crippen LogP contribution < -0.4 is 4.74 Å². The van der Waals surface area contributed by atoms with Crippen LogP contribution in [0.15, 0.2) is 48.5 Å². The van der Waals surface area contributed by atoms with Crippen LogP contribution >= 0.6 is 0 Å². The van der Waals surface area contributed by atoms with E-state index in [1.165, 1.54) is 0 Å². The Hall–Kier alpha value is -2.42. The fraction of sp³-hybridized carbons (Fsp3) is 0.222. The zero-order valence-electron chi connectivity index (χ0n) is 12.3. The van der Waals surface area contributed by atoms with Gasteiger partial charge in [0.25, 0.3) is 0 Å². The van der Waals surface area contributed by atoms with Gasteiger partial charge in [-0.25, -0.2) is 4.79 Å². The van der Waals surface area contributed by atoms with Gasteiger partial charge in [-0.05, 0) is 37.6 Å². The summed E-state index contributed by atoms with van der Waals surface area (Å²) in [6.45, 7) is 3.99. The lowest BCUT2D eigenvalue weighted by molar-refractivity contribution is 0.0734. The molecule has 1 N–H and O–H groups in total. The monoisotopic (exact) mass is 281 g/mol. The maximum Gasteiger partial charge on any atom is 0.343 e. The summed E-state index contributed by atoms with van der Waals surface area (Å²) in [5, 5.41) is 8.12. The van der Waals surface area contributed by atoms with Gasteiger partial charge in [-0.15, -0.1) is 0 Å². The highest BCUT2D eigenvalue weighted by atomic mass is 16.5. The Morgan fingerprint density at radius 2 is 1.86 bits per heavy atom. The van der Waals surface area contributed by atoms with E-state index in [0.29, 0.717) is 29.0 Å². The Labute approximate surface area is 125 Å². The number of aryl methyl sites for hydroxylation is 1. The van der Waals surface area contributed by atoms with Gasteiger partial charge >= 0.3 is 5.97 Å². The lowest BCUT2D eigenvalue weighted by Gasteiger charge is -2.12. The fourth-order valence-electron chi connectivity index (χ4n) is 2.09. The number of carbonyl (C=O) groups excluding carboxylic acids is 1. The molecule has 0 aliphatic heterocycles. The Kier molecular flexibility index (Phi) is 4.88. The van der Waals surface area contributed by atoms with Crippen molar-refractivity contribution in [3.8, 4) is 5.75 Å². The molecule has 2 aromatic carbocycles. The molecule has 108 valence electrons. The summed E-state index contributed by atoms with van der Waals surface area (Å²) in [5.74, 6) is 0.0536. The van der Waals surface area contributed by atoms with E-state index in [1.807, 2.05) is 32.0 Å². The SMILES string of the molecule is CCCC(=N)c1cc(C)ccc1OC(=O)c1ccccc1. The molecule has 0 aromatic heterocycles. The molecule has 0 saturated carbocycles. The molecule has 0 saturated heterocycles. The summed E-state index contributed by atoms with van der Waals surface area (Å²) in [4.78, 5) is 12.1. The Balaban J connectivity index is 2.27. The number of nitrogens with one attached hydrogen (secondary N) is 1. The third-order valence-corrected chi connectivity index (χ3v) is 3.17.